The maximum absolute atomic E-state index is 5.70. The number of fused-ring (bicyclic) bond motifs is 1. The Bertz CT molecular complexity index is 772. The number of nitrogens with two attached hydrogens (primary N) is 1. The van der Waals surface area contributed by atoms with Gasteiger partial charge in [0.1, 0.15) is 11.5 Å². The molecule has 0 spiro atoms. The van der Waals surface area contributed by atoms with Gasteiger partial charge in [0, 0.05) is 18.5 Å². The number of thiazole rings is 1. The molecule has 3 aromatic rings. The second-order valence-electron chi connectivity index (χ2n) is 5.10. The van der Waals surface area contributed by atoms with Crippen molar-refractivity contribution < 1.29 is 0 Å². The summed E-state index contributed by atoms with van der Waals surface area (Å²) in [4.78, 5) is 6.57. The smallest absolute Gasteiger partial charge is 0.204 e. The minimum Gasteiger partial charge on any atom is -0.375 e. The lowest BCUT2D eigenvalue weighted by Crippen LogP contribution is -2.30. The van der Waals surface area contributed by atoms with Crippen molar-refractivity contribution in [2.24, 2.45) is 0 Å². The van der Waals surface area contributed by atoms with Crippen molar-refractivity contribution >= 4 is 27.9 Å². The van der Waals surface area contributed by atoms with Crippen LogP contribution < -0.4 is 10.6 Å². The van der Waals surface area contributed by atoms with E-state index in [4.69, 9.17) is 5.73 Å². The summed E-state index contributed by atoms with van der Waals surface area (Å²) in [6.07, 6.45) is 3.74. The van der Waals surface area contributed by atoms with Crippen LogP contribution in [0.15, 0.2) is 17.5 Å². The lowest BCUT2D eigenvalue weighted by Gasteiger charge is -2.27. The molecule has 1 aliphatic heterocycles. The molecule has 8 heteroatoms. The van der Waals surface area contributed by atoms with Crippen molar-refractivity contribution in [2.75, 3.05) is 23.7 Å². The summed E-state index contributed by atoms with van der Waals surface area (Å²) in [6, 6.07) is 3.96. The van der Waals surface area contributed by atoms with Gasteiger partial charge < -0.3 is 10.6 Å². The molecule has 0 unspecified atom stereocenters. The standard InChI is InChI=1S/C13H15N7S/c14-13-15-9(8-21-13)12-17-16-10-4-5-11(18-20(10)12)19-6-2-1-3-7-19/h4-5,8H,1-3,6-7H2,(H2,14,15). The van der Waals surface area contributed by atoms with E-state index in [2.05, 4.69) is 25.2 Å². The van der Waals surface area contributed by atoms with E-state index in [1.54, 1.807) is 4.52 Å². The van der Waals surface area contributed by atoms with E-state index in [1.165, 1.54) is 30.6 Å². The minimum atomic E-state index is 0.522. The van der Waals surface area contributed by atoms with Crippen molar-refractivity contribution in [3.8, 4) is 11.5 Å². The zero-order valence-corrected chi connectivity index (χ0v) is 12.3. The molecule has 4 rings (SSSR count). The van der Waals surface area contributed by atoms with E-state index in [0.29, 0.717) is 16.6 Å². The Morgan fingerprint density at radius 1 is 1.10 bits per heavy atom. The average Bonchev–Trinajstić information content (AvgIpc) is 3.13. The lowest BCUT2D eigenvalue weighted by atomic mass is 10.1. The topological polar surface area (TPSA) is 85.2 Å². The first-order valence-corrected chi connectivity index (χ1v) is 7.88. The van der Waals surface area contributed by atoms with Gasteiger partial charge in [-0.1, -0.05) is 0 Å². The number of piperidine rings is 1. The molecule has 3 aromatic heterocycles. The molecule has 2 N–H and O–H groups in total. The number of aromatic nitrogens is 5. The van der Waals surface area contributed by atoms with Crippen LogP contribution in [0.4, 0.5) is 10.9 Å². The summed E-state index contributed by atoms with van der Waals surface area (Å²) in [6.45, 7) is 2.11. The summed E-state index contributed by atoms with van der Waals surface area (Å²) in [5.74, 6) is 1.60. The van der Waals surface area contributed by atoms with Crippen LogP contribution in [0.2, 0.25) is 0 Å². The molecule has 0 amide bonds. The Morgan fingerprint density at radius 3 is 2.71 bits per heavy atom. The van der Waals surface area contributed by atoms with E-state index in [1.807, 2.05) is 17.5 Å². The molecule has 1 saturated heterocycles. The van der Waals surface area contributed by atoms with Crippen LogP contribution in [0, 0.1) is 0 Å². The summed E-state index contributed by atoms with van der Waals surface area (Å²) in [7, 11) is 0. The fourth-order valence-corrected chi connectivity index (χ4v) is 3.16. The Kier molecular flexibility index (Phi) is 2.95. The van der Waals surface area contributed by atoms with Crippen molar-refractivity contribution in [2.45, 2.75) is 19.3 Å². The first-order valence-electron chi connectivity index (χ1n) is 7.00. The molecule has 0 atom stereocenters. The summed E-state index contributed by atoms with van der Waals surface area (Å²) in [5, 5.41) is 15.4. The van der Waals surface area contributed by atoms with Crippen LogP contribution in [-0.4, -0.2) is 37.9 Å². The summed E-state index contributed by atoms with van der Waals surface area (Å²) < 4.78 is 1.75. The van der Waals surface area contributed by atoms with Gasteiger partial charge in [-0.25, -0.2) is 4.98 Å². The largest absolute Gasteiger partial charge is 0.375 e. The van der Waals surface area contributed by atoms with E-state index < -0.39 is 0 Å². The molecule has 0 saturated carbocycles. The van der Waals surface area contributed by atoms with E-state index in [0.717, 1.165) is 24.6 Å². The van der Waals surface area contributed by atoms with Crippen molar-refractivity contribution in [1.29, 1.82) is 0 Å². The van der Waals surface area contributed by atoms with Gasteiger partial charge in [0.25, 0.3) is 0 Å². The Hall–Kier alpha value is -2.22. The predicted octanol–water partition coefficient (Wildman–Crippen LogP) is 1.82. The lowest BCUT2D eigenvalue weighted by molar-refractivity contribution is 0.570. The highest BCUT2D eigenvalue weighted by Crippen LogP contribution is 2.23. The number of rotatable bonds is 2. The monoisotopic (exact) mass is 301 g/mol. The third-order valence-corrected chi connectivity index (χ3v) is 4.35. The molecule has 0 aliphatic carbocycles. The third kappa shape index (κ3) is 2.21. The van der Waals surface area contributed by atoms with Crippen LogP contribution >= 0.6 is 11.3 Å². The van der Waals surface area contributed by atoms with Crippen LogP contribution in [0.5, 0.6) is 0 Å². The Morgan fingerprint density at radius 2 is 1.95 bits per heavy atom. The number of nitrogens with zero attached hydrogens (tertiary/aromatic N) is 6. The minimum absolute atomic E-state index is 0.522. The fraction of sp³-hybridized carbons (Fsp3) is 0.385. The molecule has 0 radical (unpaired) electrons. The fourth-order valence-electron chi connectivity index (χ4n) is 2.62. The summed E-state index contributed by atoms with van der Waals surface area (Å²) in [5.41, 5.74) is 7.13. The number of nitrogen functional groups attached to an aromatic ring is 1. The Balaban J connectivity index is 1.78. The normalized spacial score (nSPS) is 15.7. The predicted molar refractivity (Wildman–Crippen MR) is 82.4 cm³/mol. The van der Waals surface area contributed by atoms with Gasteiger partial charge in [-0.15, -0.1) is 26.6 Å². The van der Waals surface area contributed by atoms with Gasteiger partial charge in [-0.2, -0.15) is 4.52 Å². The van der Waals surface area contributed by atoms with Crippen molar-refractivity contribution in [3.63, 3.8) is 0 Å². The van der Waals surface area contributed by atoms with Gasteiger partial charge in [0.05, 0.1) is 0 Å². The van der Waals surface area contributed by atoms with Gasteiger partial charge in [0.2, 0.25) is 5.82 Å². The highest BCUT2D eigenvalue weighted by molar-refractivity contribution is 7.13. The maximum Gasteiger partial charge on any atom is 0.204 e. The zero-order chi connectivity index (χ0) is 14.2. The highest BCUT2D eigenvalue weighted by atomic mass is 32.1. The third-order valence-electron chi connectivity index (χ3n) is 3.68. The molecule has 4 heterocycles. The number of hydrogen-bond donors (Lipinski definition) is 1. The van der Waals surface area contributed by atoms with E-state index in [9.17, 15) is 0 Å². The zero-order valence-electron chi connectivity index (χ0n) is 11.4. The SMILES string of the molecule is Nc1nc(-c2nnc3ccc(N4CCCCC4)nn23)cs1. The van der Waals surface area contributed by atoms with Gasteiger partial charge in [0.15, 0.2) is 10.8 Å². The molecule has 108 valence electrons. The van der Waals surface area contributed by atoms with Crippen molar-refractivity contribution in [3.05, 3.63) is 17.5 Å². The van der Waals surface area contributed by atoms with E-state index >= 15 is 0 Å². The van der Waals surface area contributed by atoms with Gasteiger partial charge in [-0.05, 0) is 31.4 Å². The van der Waals surface area contributed by atoms with Crippen molar-refractivity contribution in [1.82, 2.24) is 24.8 Å². The maximum atomic E-state index is 5.70. The van der Waals surface area contributed by atoms with Gasteiger partial charge in [-0.3, -0.25) is 0 Å². The highest BCUT2D eigenvalue weighted by Gasteiger charge is 2.16. The molecule has 7 nitrogen and oxygen atoms in total. The number of anilines is 2. The van der Waals surface area contributed by atoms with Crippen LogP contribution in [-0.2, 0) is 0 Å². The molecule has 0 aromatic carbocycles. The van der Waals surface area contributed by atoms with E-state index in [-0.39, 0.29) is 0 Å². The molecule has 0 bridgehead atoms. The van der Waals surface area contributed by atoms with Crippen LogP contribution in [0.25, 0.3) is 17.2 Å². The number of hydrogen-bond acceptors (Lipinski definition) is 7. The first kappa shape index (κ1) is 12.5. The van der Waals surface area contributed by atoms with Gasteiger partial charge >= 0.3 is 0 Å². The quantitative estimate of drug-likeness (QED) is 0.777. The molecular formula is C13H15N7S. The second kappa shape index (κ2) is 4.96. The molecular weight excluding hydrogens is 286 g/mol. The first-order chi connectivity index (χ1) is 10.3. The molecule has 1 aliphatic rings. The molecule has 21 heavy (non-hydrogen) atoms. The average molecular weight is 301 g/mol. The molecule has 1 fully saturated rings. The van der Waals surface area contributed by atoms with Crippen LogP contribution in [0.3, 0.4) is 0 Å². The Labute approximate surface area is 125 Å². The summed E-state index contributed by atoms with van der Waals surface area (Å²) >= 11 is 1.39. The second-order valence-corrected chi connectivity index (χ2v) is 5.99. The van der Waals surface area contributed by atoms with Crippen LogP contribution in [0.1, 0.15) is 19.3 Å².